The van der Waals surface area contributed by atoms with Gasteiger partial charge >= 0.3 is 12.2 Å². The van der Waals surface area contributed by atoms with E-state index in [-0.39, 0.29) is 23.7 Å². The Morgan fingerprint density at radius 1 is 1.11 bits per heavy atom. The Bertz CT molecular complexity index is 778. The first-order chi connectivity index (χ1) is 12.6. The Morgan fingerprint density at radius 3 is 2.14 bits per heavy atom. The lowest BCUT2D eigenvalue weighted by Crippen LogP contribution is -2.69. The van der Waals surface area contributed by atoms with E-state index in [0.29, 0.717) is 5.56 Å². The smallest absolute Gasteiger partial charge is 0.410 e. The zero-order chi connectivity index (χ0) is 21.5. The minimum Gasteiger partial charge on any atom is -0.444 e. The van der Waals surface area contributed by atoms with Gasteiger partial charge in [-0.1, -0.05) is 17.7 Å². The molecule has 1 aromatic carbocycles. The largest absolute Gasteiger partial charge is 0.444 e. The molecule has 1 aliphatic rings. The Morgan fingerprint density at radius 2 is 1.64 bits per heavy atom. The van der Waals surface area contributed by atoms with Crippen molar-refractivity contribution in [3.05, 3.63) is 34.1 Å². The number of hydrogen-bond acceptors (Lipinski definition) is 4. The molecular formula is C20H28ClFN2O4. The summed E-state index contributed by atoms with van der Waals surface area (Å²) in [5.41, 5.74) is -1.52. The van der Waals surface area contributed by atoms with E-state index in [1.54, 1.807) is 48.5 Å². The number of benzene rings is 1. The van der Waals surface area contributed by atoms with Crippen LogP contribution < -0.4 is 5.32 Å². The fraction of sp³-hybridized carbons (Fsp3) is 0.600. The highest BCUT2D eigenvalue weighted by molar-refractivity contribution is 6.32. The molecular weight excluding hydrogens is 387 g/mol. The predicted octanol–water partition coefficient (Wildman–Crippen LogP) is 4.76. The molecule has 0 unspecified atom stereocenters. The van der Waals surface area contributed by atoms with Gasteiger partial charge in [-0.05, 0) is 54.5 Å². The van der Waals surface area contributed by atoms with Gasteiger partial charge in [0.05, 0.1) is 18.1 Å². The Hall–Kier alpha value is -2.02. The highest BCUT2D eigenvalue weighted by Crippen LogP contribution is 2.39. The molecule has 1 aromatic rings. The molecule has 6 nitrogen and oxygen atoms in total. The molecule has 28 heavy (non-hydrogen) atoms. The van der Waals surface area contributed by atoms with Crippen LogP contribution in [-0.4, -0.2) is 41.4 Å². The summed E-state index contributed by atoms with van der Waals surface area (Å²) in [4.78, 5) is 26.2. The molecule has 2 rings (SSSR count). The number of alkyl carbamates (subject to hydrolysis) is 1. The molecule has 0 saturated carbocycles. The Kier molecular flexibility index (Phi) is 5.91. The summed E-state index contributed by atoms with van der Waals surface area (Å²) in [6.07, 6.45) is -1.14. The molecule has 0 atom stereocenters. The SMILES string of the molecule is Cc1c(F)ccc(C2(NC(=O)OC(C)(C)C)CN(C(=O)OC(C)(C)C)C2)c1Cl. The summed E-state index contributed by atoms with van der Waals surface area (Å²) in [5, 5.41) is 3.03. The van der Waals surface area contributed by atoms with Crippen molar-refractivity contribution in [2.75, 3.05) is 13.1 Å². The average molecular weight is 415 g/mol. The van der Waals surface area contributed by atoms with E-state index in [1.165, 1.54) is 17.0 Å². The standard InChI is InChI=1S/C20H28ClFN2O4/c1-12-14(22)9-8-13(15(12)21)20(23-16(25)27-18(2,3)4)10-24(11-20)17(26)28-19(5,6)7/h8-9H,10-11H2,1-7H3,(H,23,25). The number of halogens is 2. The molecule has 8 heteroatoms. The molecule has 1 N–H and O–H groups in total. The summed E-state index contributed by atoms with van der Waals surface area (Å²) in [5.74, 6) is -0.440. The van der Waals surface area contributed by atoms with Crippen LogP contribution in [0.2, 0.25) is 5.02 Å². The molecule has 1 aliphatic heterocycles. The number of ether oxygens (including phenoxy) is 2. The summed E-state index contributed by atoms with van der Waals surface area (Å²) in [6.45, 7) is 12.4. The molecule has 1 fully saturated rings. The number of hydrogen-bond donors (Lipinski definition) is 1. The third-order valence-corrected chi connectivity index (χ3v) is 4.64. The third kappa shape index (κ3) is 5.07. The van der Waals surface area contributed by atoms with Gasteiger partial charge in [-0.15, -0.1) is 0 Å². The maximum absolute atomic E-state index is 13.9. The van der Waals surface area contributed by atoms with Crippen LogP contribution in [0.25, 0.3) is 0 Å². The van der Waals surface area contributed by atoms with Crippen LogP contribution in [0.5, 0.6) is 0 Å². The second kappa shape index (κ2) is 7.43. The van der Waals surface area contributed by atoms with Crippen molar-refractivity contribution >= 4 is 23.8 Å². The van der Waals surface area contributed by atoms with E-state index in [0.717, 1.165) is 0 Å². The first kappa shape index (κ1) is 22.3. The lowest BCUT2D eigenvalue weighted by atomic mass is 9.81. The first-order valence-corrected chi connectivity index (χ1v) is 9.45. The van der Waals surface area contributed by atoms with Crippen LogP contribution >= 0.6 is 11.6 Å². The van der Waals surface area contributed by atoms with Gasteiger partial charge < -0.3 is 19.7 Å². The minimum atomic E-state index is -0.991. The van der Waals surface area contributed by atoms with Gasteiger partial charge in [0.25, 0.3) is 0 Å². The maximum atomic E-state index is 13.9. The van der Waals surface area contributed by atoms with Crippen molar-refractivity contribution in [1.82, 2.24) is 10.2 Å². The second-order valence-electron chi connectivity index (χ2n) is 9.08. The van der Waals surface area contributed by atoms with E-state index < -0.39 is 34.7 Å². The number of carbonyl (C=O) groups excluding carboxylic acids is 2. The molecule has 0 aliphatic carbocycles. The van der Waals surface area contributed by atoms with Crippen LogP contribution in [0.4, 0.5) is 14.0 Å². The highest BCUT2D eigenvalue weighted by Gasteiger charge is 2.50. The van der Waals surface area contributed by atoms with E-state index in [4.69, 9.17) is 21.1 Å². The van der Waals surface area contributed by atoms with Crippen molar-refractivity contribution in [2.45, 2.75) is 65.2 Å². The van der Waals surface area contributed by atoms with Gasteiger partial charge in [-0.2, -0.15) is 0 Å². The molecule has 0 spiro atoms. The quantitative estimate of drug-likeness (QED) is 0.757. The van der Waals surface area contributed by atoms with Gasteiger partial charge in [-0.25, -0.2) is 14.0 Å². The predicted molar refractivity (Wildman–Crippen MR) is 105 cm³/mol. The van der Waals surface area contributed by atoms with Crippen molar-refractivity contribution in [2.24, 2.45) is 0 Å². The van der Waals surface area contributed by atoms with Crippen LogP contribution in [-0.2, 0) is 15.0 Å². The van der Waals surface area contributed by atoms with Gasteiger partial charge in [-0.3, -0.25) is 0 Å². The summed E-state index contributed by atoms with van der Waals surface area (Å²) in [7, 11) is 0. The number of amides is 2. The number of carbonyl (C=O) groups is 2. The highest BCUT2D eigenvalue weighted by atomic mass is 35.5. The molecule has 2 amide bonds. The van der Waals surface area contributed by atoms with Crippen LogP contribution in [0.3, 0.4) is 0 Å². The third-order valence-electron chi connectivity index (χ3n) is 4.15. The number of rotatable bonds is 2. The Balaban J connectivity index is 2.31. The summed E-state index contributed by atoms with van der Waals surface area (Å²) in [6, 6.07) is 2.82. The van der Waals surface area contributed by atoms with Gasteiger partial charge in [0.2, 0.25) is 0 Å². The van der Waals surface area contributed by atoms with Crippen molar-refractivity contribution in [3.8, 4) is 0 Å². The first-order valence-electron chi connectivity index (χ1n) is 9.08. The van der Waals surface area contributed by atoms with E-state index in [2.05, 4.69) is 5.32 Å². The molecule has 156 valence electrons. The van der Waals surface area contributed by atoms with E-state index in [9.17, 15) is 14.0 Å². The average Bonchev–Trinajstić information content (AvgIpc) is 2.45. The van der Waals surface area contributed by atoms with Gasteiger partial charge in [0, 0.05) is 11.1 Å². The minimum absolute atomic E-state index is 0.131. The van der Waals surface area contributed by atoms with Gasteiger partial charge in [0.1, 0.15) is 22.6 Å². The monoisotopic (exact) mass is 414 g/mol. The lowest BCUT2D eigenvalue weighted by Gasteiger charge is -2.50. The zero-order valence-electron chi connectivity index (χ0n) is 17.4. The number of nitrogens with zero attached hydrogens (tertiary/aromatic N) is 1. The topological polar surface area (TPSA) is 67.9 Å². The lowest BCUT2D eigenvalue weighted by molar-refractivity contribution is -0.0230. The van der Waals surface area contributed by atoms with Crippen LogP contribution in [0.1, 0.15) is 52.7 Å². The van der Waals surface area contributed by atoms with Crippen molar-refractivity contribution in [3.63, 3.8) is 0 Å². The maximum Gasteiger partial charge on any atom is 0.410 e. The molecule has 1 saturated heterocycles. The zero-order valence-corrected chi connectivity index (χ0v) is 18.2. The van der Waals surface area contributed by atoms with Crippen molar-refractivity contribution in [1.29, 1.82) is 0 Å². The van der Waals surface area contributed by atoms with E-state index >= 15 is 0 Å². The fourth-order valence-electron chi connectivity index (χ4n) is 2.91. The molecule has 1 heterocycles. The van der Waals surface area contributed by atoms with Crippen LogP contribution in [0, 0.1) is 12.7 Å². The number of likely N-dealkylation sites (tertiary alicyclic amines) is 1. The van der Waals surface area contributed by atoms with Gasteiger partial charge in [0.15, 0.2) is 0 Å². The second-order valence-corrected chi connectivity index (χ2v) is 9.46. The normalized spacial score (nSPS) is 16.2. The van der Waals surface area contributed by atoms with E-state index in [1.807, 2.05) is 0 Å². The van der Waals surface area contributed by atoms with Crippen LogP contribution in [0.15, 0.2) is 12.1 Å². The summed E-state index contributed by atoms with van der Waals surface area (Å²) >= 11 is 6.38. The molecule has 0 bridgehead atoms. The fourth-order valence-corrected chi connectivity index (χ4v) is 3.24. The summed E-state index contributed by atoms with van der Waals surface area (Å²) < 4.78 is 24.6. The Labute approximate surface area is 170 Å². The number of nitrogens with one attached hydrogen (secondary N) is 1. The molecule has 0 aromatic heterocycles. The van der Waals surface area contributed by atoms with Crippen molar-refractivity contribution < 1.29 is 23.5 Å². The molecule has 0 radical (unpaired) electrons.